The summed E-state index contributed by atoms with van der Waals surface area (Å²) < 4.78 is 0. The molecule has 0 saturated carbocycles. The molecule has 0 aliphatic carbocycles. The number of aryl methyl sites for hydroxylation is 1. The molecule has 11 heteroatoms. The lowest BCUT2D eigenvalue weighted by atomic mass is 10.1. The Bertz CT molecular complexity index is 744. The molecule has 3 amide bonds. The normalized spacial score (nSPS) is 15.5. The number of hydrogen-bond acceptors (Lipinski definition) is 6. The first-order valence-corrected chi connectivity index (χ1v) is 9.58. The Morgan fingerprint density at radius 1 is 1.33 bits per heavy atom. The number of carbonyl (C=O) groups is 3. The summed E-state index contributed by atoms with van der Waals surface area (Å²) in [6.45, 7) is 3.58. The number of azide groups is 1. The van der Waals surface area contributed by atoms with E-state index in [1.54, 1.807) is 22.2 Å². The predicted molar refractivity (Wildman–Crippen MR) is 100 cm³/mol. The molecule has 2 rings (SSSR count). The van der Waals surface area contributed by atoms with Crippen molar-refractivity contribution in [1.29, 1.82) is 0 Å². The van der Waals surface area contributed by atoms with Gasteiger partial charge in [-0.3, -0.25) is 14.4 Å². The third kappa shape index (κ3) is 5.41. The Morgan fingerprint density at radius 3 is 2.67 bits per heavy atom. The highest BCUT2D eigenvalue weighted by atomic mass is 32.1. The summed E-state index contributed by atoms with van der Waals surface area (Å²) in [5.74, 6) is -0.594. The van der Waals surface area contributed by atoms with Gasteiger partial charge in [0.25, 0.3) is 5.91 Å². The first-order chi connectivity index (χ1) is 13.0. The first-order valence-electron chi connectivity index (χ1n) is 8.70. The number of thiazole rings is 1. The number of nitrogens with zero attached hydrogens (tertiary/aromatic N) is 6. The Labute approximate surface area is 161 Å². The quantitative estimate of drug-likeness (QED) is 0.443. The van der Waals surface area contributed by atoms with Crippen molar-refractivity contribution in [3.8, 4) is 0 Å². The number of rotatable bonds is 6. The van der Waals surface area contributed by atoms with E-state index in [9.17, 15) is 14.4 Å². The van der Waals surface area contributed by atoms with Crippen LogP contribution in [0.5, 0.6) is 0 Å². The summed E-state index contributed by atoms with van der Waals surface area (Å²) in [6, 6.07) is -0.918. The molecule has 1 fully saturated rings. The molecule has 1 aliphatic heterocycles. The van der Waals surface area contributed by atoms with Crippen molar-refractivity contribution in [2.75, 3.05) is 33.2 Å². The average molecular weight is 393 g/mol. The van der Waals surface area contributed by atoms with E-state index < -0.39 is 6.04 Å². The van der Waals surface area contributed by atoms with Gasteiger partial charge in [0.2, 0.25) is 11.8 Å². The van der Waals surface area contributed by atoms with Crippen molar-refractivity contribution >= 4 is 29.1 Å². The van der Waals surface area contributed by atoms with Crippen LogP contribution in [0.3, 0.4) is 0 Å². The highest BCUT2D eigenvalue weighted by Crippen LogP contribution is 2.17. The Kier molecular flexibility index (Phi) is 7.56. The van der Waals surface area contributed by atoms with Gasteiger partial charge in [0, 0.05) is 44.6 Å². The van der Waals surface area contributed by atoms with Crippen LogP contribution in [0, 0.1) is 6.92 Å². The lowest BCUT2D eigenvalue weighted by Gasteiger charge is -2.24. The molecule has 1 unspecified atom stereocenters. The van der Waals surface area contributed by atoms with Gasteiger partial charge >= 0.3 is 0 Å². The maximum absolute atomic E-state index is 12.7. The van der Waals surface area contributed by atoms with E-state index in [1.807, 2.05) is 0 Å². The SMILES string of the molecule is CNC(=O)CCC(N=[N+]=[N-])C(=O)N1CCCN(C(=O)c2scnc2C)CC1. The summed E-state index contributed by atoms with van der Waals surface area (Å²) in [5, 5.41) is 6.04. The van der Waals surface area contributed by atoms with Crippen LogP contribution in [0.15, 0.2) is 10.6 Å². The fourth-order valence-corrected chi connectivity index (χ4v) is 3.66. The summed E-state index contributed by atoms with van der Waals surface area (Å²) in [4.78, 5) is 47.6. The third-order valence-corrected chi connectivity index (χ3v) is 5.35. The van der Waals surface area contributed by atoms with Crippen molar-refractivity contribution in [1.82, 2.24) is 20.1 Å². The largest absolute Gasteiger partial charge is 0.359 e. The van der Waals surface area contributed by atoms with Crippen LogP contribution in [0.1, 0.15) is 34.6 Å². The van der Waals surface area contributed by atoms with E-state index in [4.69, 9.17) is 5.53 Å². The fraction of sp³-hybridized carbons (Fsp3) is 0.625. The van der Waals surface area contributed by atoms with Crippen LogP contribution in [0.25, 0.3) is 10.4 Å². The number of carbonyl (C=O) groups excluding carboxylic acids is 3. The first kappa shape index (κ1) is 20.7. The van der Waals surface area contributed by atoms with Crippen LogP contribution in [-0.2, 0) is 9.59 Å². The van der Waals surface area contributed by atoms with Crippen LogP contribution in [0.2, 0.25) is 0 Å². The molecule has 0 bridgehead atoms. The smallest absolute Gasteiger partial charge is 0.265 e. The average Bonchev–Trinajstić information content (AvgIpc) is 2.94. The zero-order chi connectivity index (χ0) is 19.8. The molecule has 0 spiro atoms. The molecule has 1 N–H and O–H groups in total. The van der Waals surface area contributed by atoms with Crippen molar-refractivity contribution in [2.45, 2.75) is 32.2 Å². The molecule has 1 aliphatic rings. The number of aromatic nitrogens is 1. The summed E-state index contributed by atoms with van der Waals surface area (Å²) in [6.07, 6.45) is 0.893. The molecule has 0 radical (unpaired) electrons. The van der Waals surface area contributed by atoms with Gasteiger partial charge in [-0.1, -0.05) is 5.11 Å². The lowest BCUT2D eigenvalue weighted by molar-refractivity contribution is -0.132. The molecular formula is C16H23N7O3S. The van der Waals surface area contributed by atoms with Crippen LogP contribution < -0.4 is 5.32 Å². The maximum Gasteiger partial charge on any atom is 0.265 e. The second-order valence-electron chi connectivity index (χ2n) is 6.17. The molecular weight excluding hydrogens is 370 g/mol. The maximum atomic E-state index is 12.7. The minimum absolute atomic E-state index is 0.0736. The Hall–Kier alpha value is -2.65. The Balaban J connectivity index is 1.99. The molecule has 2 heterocycles. The van der Waals surface area contributed by atoms with Crippen LogP contribution in [0.4, 0.5) is 0 Å². The summed E-state index contributed by atoms with van der Waals surface area (Å²) in [7, 11) is 1.51. The van der Waals surface area contributed by atoms with Gasteiger partial charge in [-0.25, -0.2) is 4.98 Å². The van der Waals surface area contributed by atoms with E-state index in [2.05, 4.69) is 20.3 Å². The molecule has 146 valence electrons. The van der Waals surface area contributed by atoms with Gasteiger partial charge in [-0.15, -0.1) is 11.3 Å². The molecule has 0 aromatic carbocycles. The van der Waals surface area contributed by atoms with Gasteiger partial charge in [0.1, 0.15) is 10.9 Å². The zero-order valence-electron chi connectivity index (χ0n) is 15.4. The molecule has 1 atom stereocenters. The molecule has 1 aromatic rings. The zero-order valence-corrected chi connectivity index (χ0v) is 16.2. The van der Waals surface area contributed by atoms with E-state index in [-0.39, 0.29) is 30.6 Å². The predicted octanol–water partition coefficient (Wildman–Crippen LogP) is 1.33. The van der Waals surface area contributed by atoms with Crippen LogP contribution >= 0.6 is 11.3 Å². The van der Waals surface area contributed by atoms with Gasteiger partial charge in [-0.2, -0.15) is 0 Å². The van der Waals surface area contributed by atoms with E-state index in [0.717, 1.165) is 0 Å². The van der Waals surface area contributed by atoms with Crippen LogP contribution in [-0.4, -0.2) is 71.8 Å². The standard InChI is InChI=1S/C16H23N7O3S/c1-11-14(27-10-19-11)16(26)23-7-3-6-22(8-9-23)15(25)12(20-21-17)4-5-13(24)18-2/h10,12H,3-9H2,1-2H3,(H,18,24). The highest BCUT2D eigenvalue weighted by Gasteiger charge is 2.28. The van der Waals surface area contributed by atoms with Gasteiger partial charge in [0.05, 0.1) is 11.2 Å². The summed E-state index contributed by atoms with van der Waals surface area (Å²) >= 11 is 1.31. The number of nitrogens with one attached hydrogen (secondary N) is 1. The van der Waals surface area contributed by atoms with Crippen molar-refractivity contribution in [2.24, 2.45) is 5.11 Å². The molecule has 1 aromatic heterocycles. The molecule has 10 nitrogen and oxygen atoms in total. The lowest BCUT2D eigenvalue weighted by Crippen LogP contribution is -2.41. The topological polar surface area (TPSA) is 131 Å². The van der Waals surface area contributed by atoms with Gasteiger partial charge in [0.15, 0.2) is 0 Å². The van der Waals surface area contributed by atoms with Gasteiger partial charge in [-0.05, 0) is 25.3 Å². The third-order valence-electron chi connectivity index (χ3n) is 4.43. The van der Waals surface area contributed by atoms with Crippen molar-refractivity contribution in [3.05, 3.63) is 26.5 Å². The second-order valence-corrected chi connectivity index (χ2v) is 7.03. The Morgan fingerprint density at radius 2 is 2.04 bits per heavy atom. The minimum atomic E-state index is -0.918. The second kappa shape index (κ2) is 9.89. The molecule has 27 heavy (non-hydrogen) atoms. The fourth-order valence-electron chi connectivity index (χ4n) is 2.89. The van der Waals surface area contributed by atoms with Crippen molar-refractivity contribution < 1.29 is 14.4 Å². The monoisotopic (exact) mass is 393 g/mol. The number of hydrogen-bond donors (Lipinski definition) is 1. The minimum Gasteiger partial charge on any atom is -0.359 e. The number of amides is 3. The molecule has 1 saturated heterocycles. The van der Waals surface area contributed by atoms with E-state index in [1.165, 1.54) is 18.4 Å². The van der Waals surface area contributed by atoms with E-state index >= 15 is 0 Å². The van der Waals surface area contributed by atoms with Crippen molar-refractivity contribution in [3.63, 3.8) is 0 Å². The van der Waals surface area contributed by atoms with Gasteiger partial charge < -0.3 is 15.1 Å². The summed E-state index contributed by atoms with van der Waals surface area (Å²) in [5.41, 5.74) is 11.1. The van der Waals surface area contributed by atoms with E-state index in [0.29, 0.717) is 43.2 Å². The highest BCUT2D eigenvalue weighted by molar-refractivity contribution is 7.11.